The number of rotatable bonds is 3. The van der Waals surface area contributed by atoms with Gasteiger partial charge in [-0.15, -0.1) is 0 Å². The third-order valence-corrected chi connectivity index (χ3v) is 7.54. The molecule has 0 radical (unpaired) electrons. The van der Waals surface area contributed by atoms with Crippen LogP contribution in [0.5, 0.6) is 0 Å². The maximum Gasteiger partial charge on any atom is 0.309 e. The molecule has 0 unspecified atom stereocenters. The van der Waals surface area contributed by atoms with Crippen molar-refractivity contribution in [1.29, 1.82) is 0 Å². The molecule has 3 aliphatic rings. The van der Waals surface area contributed by atoms with E-state index in [-0.39, 0.29) is 29.7 Å². The highest BCUT2D eigenvalue weighted by Gasteiger charge is 2.53. The first-order chi connectivity index (χ1) is 14.6. The van der Waals surface area contributed by atoms with Crippen LogP contribution in [-0.2, 0) is 9.53 Å². The van der Waals surface area contributed by atoms with E-state index in [9.17, 15) is 9.18 Å². The van der Waals surface area contributed by atoms with Gasteiger partial charge < -0.3 is 4.74 Å². The average molecular weight is 406 g/mol. The van der Waals surface area contributed by atoms with E-state index in [1.165, 1.54) is 37.8 Å². The zero-order valence-corrected chi connectivity index (χ0v) is 17.3. The first-order valence-corrected chi connectivity index (χ1v) is 11.2. The Kier molecular flexibility index (Phi) is 5.18. The van der Waals surface area contributed by atoms with Crippen molar-refractivity contribution in [2.24, 2.45) is 29.6 Å². The molecule has 0 spiro atoms. The summed E-state index contributed by atoms with van der Waals surface area (Å²) < 4.78 is 18.9. The van der Waals surface area contributed by atoms with Crippen LogP contribution in [0.25, 0.3) is 17.2 Å². The highest BCUT2D eigenvalue weighted by molar-refractivity contribution is 5.75. The first kappa shape index (κ1) is 19.5. The summed E-state index contributed by atoms with van der Waals surface area (Å²) in [5, 5.41) is 0. The molecule has 0 N–H and O–H groups in total. The number of carbonyl (C=O) groups excluding carboxylic acids is 1. The standard InChI is InChI=1S/C26H28FNO2/c1-16-25-23(22-5-3-2-4-18(22)14-24(25)30-26(16)29)13-12-21-11-8-19(15-28-21)17-6-9-20(27)10-7-17/h6-13,15-16,18,22-25H,2-5,14H2,1H3/t16-,18-,22+,23-,24-,25+/m0/s1. The number of ether oxygens (including phenoxy) is 1. The summed E-state index contributed by atoms with van der Waals surface area (Å²) in [5.74, 6) is 1.68. The predicted molar refractivity (Wildman–Crippen MR) is 115 cm³/mol. The van der Waals surface area contributed by atoms with Crippen molar-refractivity contribution in [2.75, 3.05) is 0 Å². The number of esters is 1. The molecular weight excluding hydrogens is 377 g/mol. The zero-order valence-electron chi connectivity index (χ0n) is 17.3. The molecule has 1 aliphatic heterocycles. The van der Waals surface area contributed by atoms with E-state index >= 15 is 0 Å². The Hall–Kier alpha value is -2.49. The first-order valence-electron chi connectivity index (χ1n) is 11.2. The second-order valence-corrected chi connectivity index (χ2v) is 9.20. The number of allylic oxidation sites excluding steroid dienone is 1. The molecule has 3 fully saturated rings. The van der Waals surface area contributed by atoms with Crippen molar-refractivity contribution in [3.63, 3.8) is 0 Å². The third-order valence-electron chi connectivity index (χ3n) is 7.54. The minimum absolute atomic E-state index is 0.0242. The fourth-order valence-corrected chi connectivity index (χ4v) is 6.02. The van der Waals surface area contributed by atoms with Crippen molar-refractivity contribution in [3.8, 4) is 11.1 Å². The maximum absolute atomic E-state index is 13.2. The van der Waals surface area contributed by atoms with Gasteiger partial charge in [-0.2, -0.15) is 0 Å². The molecule has 2 aromatic rings. The molecule has 0 amide bonds. The summed E-state index contributed by atoms with van der Waals surface area (Å²) in [6.45, 7) is 2.03. The van der Waals surface area contributed by atoms with Crippen LogP contribution in [0.1, 0.15) is 44.7 Å². The third kappa shape index (κ3) is 3.57. The van der Waals surface area contributed by atoms with Crippen molar-refractivity contribution >= 4 is 12.0 Å². The number of pyridine rings is 1. The van der Waals surface area contributed by atoms with Gasteiger partial charge in [0.05, 0.1) is 11.6 Å². The van der Waals surface area contributed by atoms with Gasteiger partial charge in [-0.05, 0) is 60.4 Å². The SMILES string of the molecule is C[C@@H]1C(=O)O[C@H]2C[C@@H]3CCCC[C@H]3[C@H](C=Cc3ccc(-c4ccc(F)cc4)cn3)[C@H]21. The minimum atomic E-state index is -0.235. The van der Waals surface area contributed by atoms with Gasteiger partial charge in [-0.25, -0.2) is 4.39 Å². The molecule has 30 heavy (non-hydrogen) atoms. The molecule has 2 aliphatic carbocycles. The van der Waals surface area contributed by atoms with Crippen molar-refractivity contribution in [2.45, 2.75) is 45.1 Å². The Labute approximate surface area is 177 Å². The number of halogens is 1. The number of fused-ring (bicyclic) bond motifs is 2. The molecule has 2 heterocycles. The molecule has 1 aromatic heterocycles. The van der Waals surface area contributed by atoms with E-state index in [0.29, 0.717) is 17.8 Å². The molecule has 2 saturated carbocycles. The topological polar surface area (TPSA) is 39.2 Å². The van der Waals surface area contributed by atoms with E-state index in [2.05, 4.69) is 17.1 Å². The fraction of sp³-hybridized carbons (Fsp3) is 0.462. The van der Waals surface area contributed by atoms with Crippen molar-refractivity contribution < 1.29 is 13.9 Å². The van der Waals surface area contributed by atoms with E-state index in [1.54, 1.807) is 12.1 Å². The molecule has 156 valence electrons. The van der Waals surface area contributed by atoms with Gasteiger partial charge in [0.15, 0.2) is 0 Å². The Morgan fingerprint density at radius 3 is 2.60 bits per heavy atom. The molecule has 6 atom stereocenters. The Morgan fingerprint density at radius 1 is 1.07 bits per heavy atom. The number of carbonyl (C=O) groups is 1. The lowest BCUT2D eigenvalue weighted by Gasteiger charge is -2.46. The summed E-state index contributed by atoms with van der Waals surface area (Å²) in [7, 11) is 0. The van der Waals surface area contributed by atoms with Gasteiger partial charge in [-0.3, -0.25) is 9.78 Å². The monoisotopic (exact) mass is 405 g/mol. The highest BCUT2D eigenvalue weighted by atomic mass is 19.1. The number of hydrogen-bond acceptors (Lipinski definition) is 3. The Balaban J connectivity index is 1.38. The number of hydrogen-bond donors (Lipinski definition) is 0. The molecule has 4 heteroatoms. The lowest BCUT2D eigenvalue weighted by molar-refractivity contribution is -0.145. The minimum Gasteiger partial charge on any atom is -0.462 e. The van der Waals surface area contributed by atoms with Gasteiger partial charge in [0.1, 0.15) is 11.9 Å². The average Bonchev–Trinajstić information content (AvgIpc) is 3.05. The largest absolute Gasteiger partial charge is 0.462 e. The highest BCUT2D eigenvalue weighted by Crippen LogP contribution is 2.52. The molecular formula is C26H28FNO2. The predicted octanol–water partition coefficient (Wildman–Crippen LogP) is 5.90. The van der Waals surface area contributed by atoms with Crippen molar-refractivity contribution in [3.05, 3.63) is 60.2 Å². The summed E-state index contributed by atoms with van der Waals surface area (Å²) in [6, 6.07) is 10.5. The van der Waals surface area contributed by atoms with Crippen LogP contribution in [-0.4, -0.2) is 17.1 Å². The van der Waals surface area contributed by atoms with Crippen LogP contribution in [0.4, 0.5) is 4.39 Å². The lowest BCUT2D eigenvalue weighted by atomic mass is 9.59. The van der Waals surface area contributed by atoms with Crippen LogP contribution in [0.15, 0.2) is 48.7 Å². The molecule has 3 nitrogen and oxygen atoms in total. The lowest BCUT2D eigenvalue weighted by Crippen LogP contribution is -2.43. The van der Waals surface area contributed by atoms with Gasteiger partial charge in [0, 0.05) is 17.7 Å². The molecule has 0 bridgehead atoms. The maximum atomic E-state index is 13.2. The summed E-state index contributed by atoms with van der Waals surface area (Å²) >= 11 is 0. The van der Waals surface area contributed by atoms with Crippen LogP contribution < -0.4 is 0 Å². The van der Waals surface area contributed by atoms with Gasteiger partial charge in [-0.1, -0.05) is 50.5 Å². The number of aromatic nitrogens is 1. The quantitative estimate of drug-likeness (QED) is 0.597. The van der Waals surface area contributed by atoms with E-state index in [4.69, 9.17) is 4.74 Å². The second-order valence-electron chi connectivity index (χ2n) is 9.20. The Morgan fingerprint density at radius 2 is 1.83 bits per heavy atom. The molecule has 1 aromatic carbocycles. The fourth-order valence-electron chi connectivity index (χ4n) is 6.02. The Bertz CT molecular complexity index is 937. The second kappa shape index (κ2) is 7.98. The molecule has 1 saturated heterocycles. The summed E-state index contributed by atoms with van der Waals surface area (Å²) in [6.07, 6.45) is 12.5. The summed E-state index contributed by atoms with van der Waals surface area (Å²) in [5.41, 5.74) is 2.84. The zero-order chi connectivity index (χ0) is 20.7. The number of nitrogens with zero attached hydrogens (tertiary/aromatic N) is 1. The van der Waals surface area contributed by atoms with Gasteiger partial charge in [0.2, 0.25) is 0 Å². The van der Waals surface area contributed by atoms with Gasteiger partial charge in [0.25, 0.3) is 0 Å². The normalized spacial score (nSPS) is 33.2. The van der Waals surface area contributed by atoms with Crippen LogP contribution in [0, 0.1) is 35.4 Å². The van der Waals surface area contributed by atoms with Crippen LogP contribution in [0.2, 0.25) is 0 Å². The molecule has 5 rings (SSSR count). The van der Waals surface area contributed by atoms with Crippen molar-refractivity contribution in [1.82, 2.24) is 4.98 Å². The smallest absolute Gasteiger partial charge is 0.309 e. The van der Waals surface area contributed by atoms with Gasteiger partial charge >= 0.3 is 5.97 Å². The number of benzene rings is 1. The van der Waals surface area contributed by atoms with E-state index in [0.717, 1.165) is 23.2 Å². The van der Waals surface area contributed by atoms with E-state index in [1.807, 2.05) is 25.3 Å². The van der Waals surface area contributed by atoms with Crippen LogP contribution in [0.3, 0.4) is 0 Å². The van der Waals surface area contributed by atoms with Crippen LogP contribution >= 0.6 is 0 Å². The summed E-state index contributed by atoms with van der Waals surface area (Å²) in [4.78, 5) is 16.9. The van der Waals surface area contributed by atoms with E-state index < -0.39 is 0 Å².